The van der Waals surface area contributed by atoms with Crippen molar-refractivity contribution in [3.63, 3.8) is 0 Å². The zero-order valence-corrected chi connectivity index (χ0v) is 14.5. The van der Waals surface area contributed by atoms with Gasteiger partial charge in [0.05, 0.1) is 23.1 Å². The van der Waals surface area contributed by atoms with Crippen molar-refractivity contribution in [3.8, 4) is 0 Å². The van der Waals surface area contributed by atoms with Gasteiger partial charge in [0.2, 0.25) is 0 Å². The lowest BCUT2D eigenvalue weighted by molar-refractivity contribution is 0.158. The lowest BCUT2D eigenvalue weighted by Crippen LogP contribution is -2.39. The Morgan fingerprint density at radius 1 is 1.19 bits per heavy atom. The first-order valence-electron chi connectivity index (χ1n) is 8.68. The summed E-state index contributed by atoms with van der Waals surface area (Å²) in [5.74, 6) is -0.585. The van der Waals surface area contributed by atoms with Crippen molar-refractivity contribution < 1.29 is 9.60 Å². The highest BCUT2D eigenvalue weighted by molar-refractivity contribution is 5.82. The molecule has 3 N–H and O–H groups in total. The summed E-state index contributed by atoms with van der Waals surface area (Å²) in [5, 5.41) is 9.83. The van der Waals surface area contributed by atoms with E-state index in [4.69, 9.17) is 5.73 Å². The fourth-order valence-corrected chi connectivity index (χ4v) is 3.53. The minimum Gasteiger partial charge on any atom is -0.421 e. The van der Waals surface area contributed by atoms with Gasteiger partial charge in [-0.3, -0.25) is 9.36 Å². The number of fused-ring (bicyclic) bond motifs is 1. The summed E-state index contributed by atoms with van der Waals surface area (Å²) >= 11 is 0. The number of anilines is 1. The molecule has 2 aromatic carbocycles. The average Bonchev–Trinajstić information content (AvgIpc) is 3.10. The van der Waals surface area contributed by atoms with Crippen LogP contribution >= 0.6 is 0 Å². The molecule has 0 radical (unpaired) electrons. The van der Waals surface area contributed by atoms with Crippen LogP contribution in [0.3, 0.4) is 0 Å². The van der Waals surface area contributed by atoms with Crippen molar-refractivity contribution in [1.82, 2.24) is 9.30 Å². The van der Waals surface area contributed by atoms with Crippen LogP contribution in [0.5, 0.6) is 0 Å². The van der Waals surface area contributed by atoms with Crippen LogP contribution in [0.15, 0.2) is 52.1 Å². The van der Waals surface area contributed by atoms with Crippen molar-refractivity contribution in [1.29, 1.82) is 0 Å². The first-order chi connectivity index (χ1) is 13.0. The Labute approximate surface area is 153 Å². The molecular formula is C19H19FN4O3. The maximum atomic E-state index is 14.7. The molecule has 1 saturated heterocycles. The van der Waals surface area contributed by atoms with E-state index < -0.39 is 17.1 Å². The third kappa shape index (κ3) is 2.97. The Bertz CT molecular complexity index is 1120. The molecule has 0 bridgehead atoms. The summed E-state index contributed by atoms with van der Waals surface area (Å²) in [6.45, 7) is 1.24. The average molecular weight is 370 g/mol. The van der Waals surface area contributed by atoms with Gasteiger partial charge >= 0.3 is 5.69 Å². The van der Waals surface area contributed by atoms with Gasteiger partial charge in [-0.1, -0.05) is 35.1 Å². The van der Waals surface area contributed by atoms with Crippen molar-refractivity contribution >= 4 is 16.6 Å². The van der Waals surface area contributed by atoms with Crippen LogP contribution in [0.4, 0.5) is 10.1 Å². The van der Waals surface area contributed by atoms with E-state index in [-0.39, 0.29) is 28.2 Å². The fraction of sp³-hybridized carbons (Fsp3) is 0.263. The molecule has 1 atom stereocenters. The predicted molar refractivity (Wildman–Crippen MR) is 100.0 cm³/mol. The highest BCUT2D eigenvalue weighted by Gasteiger charge is 2.24. The lowest BCUT2D eigenvalue weighted by Gasteiger charge is -2.20. The van der Waals surface area contributed by atoms with Crippen LogP contribution in [0, 0.1) is 5.82 Å². The largest absolute Gasteiger partial charge is 0.421 e. The standard InChI is InChI=1S/C19H19FN4O3/c20-15-8-14-16(9-17(15)22-7-6-13(21)11-22)23(19(26)24(27)18(14)25)10-12-4-2-1-3-5-12/h1-5,8-9,13,27H,6-7,10-11,21H2. The van der Waals surface area contributed by atoms with Crippen LogP contribution in [0.2, 0.25) is 0 Å². The maximum absolute atomic E-state index is 14.7. The van der Waals surface area contributed by atoms with E-state index in [9.17, 15) is 19.2 Å². The molecule has 0 saturated carbocycles. The van der Waals surface area contributed by atoms with E-state index in [1.54, 1.807) is 4.90 Å². The van der Waals surface area contributed by atoms with Gasteiger partial charge in [0.15, 0.2) is 0 Å². The van der Waals surface area contributed by atoms with E-state index in [1.165, 1.54) is 10.6 Å². The van der Waals surface area contributed by atoms with E-state index in [0.717, 1.165) is 18.1 Å². The van der Waals surface area contributed by atoms with Gasteiger partial charge < -0.3 is 15.8 Å². The van der Waals surface area contributed by atoms with E-state index >= 15 is 0 Å². The summed E-state index contributed by atoms with van der Waals surface area (Å²) in [6.07, 6.45) is 0.743. The molecule has 2 heterocycles. The first-order valence-corrected chi connectivity index (χ1v) is 8.68. The monoisotopic (exact) mass is 370 g/mol. The molecule has 3 aromatic rings. The molecular weight excluding hydrogens is 351 g/mol. The Hall–Kier alpha value is -3.13. The van der Waals surface area contributed by atoms with Crippen LogP contribution in [-0.4, -0.2) is 33.6 Å². The number of halogens is 1. The van der Waals surface area contributed by atoms with Crippen molar-refractivity contribution in [2.24, 2.45) is 5.73 Å². The Kier molecular flexibility index (Phi) is 4.19. The van der Waals surface area contributed by atoms with E-state index in [0.29, 0.717) is 18.8 Å². The second kappa shape index (κ2) is 6.55. The van der Waals surface area contributed by atoms with Crippen molar-refractivity contribution in [2.75, 3.05) is 18.0 Å². The fourth-order valence-electron chi connectivity index (χ4n) is 3.53. The summed E-state index contributed by atoms with van der Waals surface area (Å²) in [4.78, 5) is 26.6. The molecule has 1 aliphatic heterocycles. The van der Waals surface area contributed by atoms with Gasteiger partial charge in [-0.2, -0.15) is 0 Å². The Morgan fingerprint density at radius 3 is 2.59 bits per heavy atom. The third-order valence-corrected chi connectivity index (χ3v) is 4.94. The quantitative estimate of drug-likeness (QED) is 0.674. The van der Waals surface area contributed by atoms with Gasteiger partial charge in [0.25, 0.3) is 5.56 Å². The van der Waals surface area contributed by atoms with Gasteiger partial charge in [-0.05, 0) is 24.1 Å². The number of nitrogens with two attached hydrogens (primary N) is 1. The summed E-state index contributed by atoms with van der Waals surface area (Å²) < 4.78 is 16.0. The molecule has 27 heavy (non-hydrogen) atoms. The Morgan fingerprint density at radius 2 is 1.93 bits per heavy atom. The van der Waals surface area contributed by atoms with Gasteiger partial charge in [0, 0.05) is 19.1 Å². The number of aromatic nitrogens is 2. The molecule has 1 unspecified atom stereocenters. The minimum absolute atomic E-state index is 0.0240. The predicted octanol–water partition coefficient (Wildman–Crippen LogP) is 1.13. The molecule has 7 nitrogen and oxygen atoms in total. The summed E-state index contributed by atoms with van der Waals surface area (Å²) in [5.41, 5.74) is 5.49. The molecule has 0 spiro atoms. The highest BCUT2D eigenvalue weighted by Crippen LogP contribution is 2.27. The smallest absolute Gasteiger partial charge is 0.365 e. The minimum atomic E-state index is -0.942. The van der Waals surface area contributed by atoms with E-state index in [2.05, 4.69) is 0 Å². The topological polar surface area (TPSA) is 93.5 Å². The number of hydrogen-bond donors (Lipinski definition) is 2. The zero-order valence-electron chi connectivity index (χ0n) is 14.5. The molecule has 1 aromatic heterocycles. The zero-order chi connectivity index (χ0) is 19.1. The van der Waals surface area contributed by atoms with Crippen molar-refractivity contribution in [2.45, 2.75) is 19.0 Å². The number of hydrogen-bond acceptors (Lipinski definition) is 5. The molecule has 0 amide bonds. The SMILES string of the molecule is NC1CCN(c2cc3c(cc2F)c(=O)n(O)c(=O)n3Cc2ccccc2)C1. The Balaban J connectivity index is 1.95. The van der Waals surface area contributed by atoms with Crippen LogP contribution in [0.25, 0.3) is 10.9 Å². The number of rotatable bonds is 3. The lowest BCUT2D eigenvalue weighted by atomic mass is 10.1. The van der Waals surface area contributed by atoms with Crippen LogP contribution in [0.1, 0.15) is 12.0 Å². The molecule has 0 aliphatic carbocycles. The highest BCUT2D eigenvalue weighted by atomic mass is 19.1. The molecule has 8 heteroatoms. The van der Waals surface area contributed by atoms with Crippen LogP contribution in [-0.2, 0) is 6.54 Å². The van der Waals surface area contributed by atoms with Gasteiger partial charge in [-0.15, -0.1) is 0 Å². The van der Waals surface area contributed by atoms with Crippen LogP contribution < -0.4 is 21.9 Å². The maximum Gasteiger partial charge on any atom is 0.365 e. The first kappa shape index (κ1) is 17.3. The normalized spacial score (nSPS) is 17.0. The van der Waals surface area contributed by atoms with Crippen molar-refractivity contribution in [3.05, 3.63) is 74.7 Å². The summed E-state index contributed by atoms with van der Waals surface area (Å²) in [6, 6.07) is 11.7. The second-order valence-corrected chi connectivity index (χ2v) is 6.79. The molecule has 4 rings (SSSR count). The van der Waals surface area contributed by atoms with E-state index in [1.807, 2.05) is 30.3 Å². The second-order valence-electron chi connectivity index (χ2n) is 6.79. The number of nitrogens with zero attached hydrogens (tertiary/aromatic N) is 3. The molecule has 1 fully saturated rings. The molecule has 1 aliphatic rings. The molecule has 140 valence electrons. The summed E-state index contributed by atoms with van der Waals surface area (Å²) in [7, 11) is 0. The van der Waals surface area contributed by atoms with Gasteiger partial charge in [-0.25, -0.2) is 9.18 Å². The third-order valence-electron chi connectivity index (χ3n) is 4.94. The van der Waals surface area contributed by atoms with Gasteiger partial charge in [0.1, 0.15) is 5.82 Å². The number of benzene rings is 2.